The Balaban J connectivity index is 1.44. The van der Waals surface area contributed by atoms with Crippen LogP contribution in [0.1, 0.15) is 30.6 Å². The minimum absolute atomic E-state index is 0.0303. The minimum atomic E-state index is -4.80. The quantitative estimate of drug-likeness (QED) is 0.212. The lowest BCUT2D eigenvalue weighted by molar-refractivity contribution is -0.162. The van der Waals surface area contributed by atoms with Gasteiger partial charge in [-0.05, 0) is 31.5 Å². The molecular weight excluding hydrogens is 530 g/mol. The molecule has 13 nitrogen and oxygen atoms in total. The van der Waals surface area contributed by atoms with Crippen molar-refractivity contribution >= 4 is 51.6 Å². The molecule has 3 heterocycles. The molecule has 0 unspecified atom stereocenters. The first-order valence-corrected chi connectivity index (χ1v) is 13.5. The average Bonchev–Trinajstić information content (AvgIpc) is 3.35. The molecule has 0 spiro atoms. The fourth-order valence-electron chi connectivity index (χ4n) is 5.05. The van der Waals surface area contributed by atoms with Crippen LogP contribution in [0.2, 0.25) is 0 Å². The maximum atomic E-state index is 12.8. The molecule has 0 bridgehead atoms. The summed E-state index contributed by atoms with van der Waals surface area (Å²) in [6.07, 6.45) is -0.839. The van der Waals surface area contributed by atoms with Gasteiger partial charge in [0.05, 0.1) is 29.7 Å². The van der Waals surface area contributed by atoms with Gasteiger partial charge in [0.25, 0.3) is 0 Å². The van der Waals surface area contributed by atoms with Gasteiger partial charge in [0.15, 0.2) is 0 Å². The Morgan fingerprint density at radius 1 is 1.24 bits per heavy atom. The third-order valence-corrected chi connectivity index (χ3v) is 8.71. The van der Waals surface area contributed by atoms with Crippen LogP contribution in [0.3, 0.4) is 0 Å². The van der Waals surface area contributed by atoms with Crippen LogP contribution in [0.4, 0.5) is 5.69 Å². The minimum Gasteiger partial charge on any atom is -0.478 e. The lowest BCUT2D eigenvalue weighted by Crippen LogP contribution is -2.64. The smallest absolute Gasteiger partial charge is 0.397 e. The number of carbonyl (C=O) groups is 4. The van der Waals surface area contributed by atoms with Crippen LogP contribution in [-0.2, 0) is 29.0 Å². The number of β-lactam (4-membered cyclic amide) rings is 1. The molecule has 4 rings (SSSR count). The number of hydrogen-bond donors (Lipinski definition) is 5. The van der Waals surface area contributed by atoms with Crippen molar-refractivity contribution in [3.8, 4) is 0 Å². The first-order valence-electron chi connectivity index (χ1n) is 11.3. The predicted octanol–water partition coefficient (Wildman–Crippen LogP) is 0.768. The number of aromatic carboxylic acids is 1. The number of benzene rings is 1. The monoisotopic (exact) mass is 555 g/mol. The van der Waals surface area contributed by atoms with E-state index < -0.39 is 58.3 Å². The van der Waals surface area contributed by atoms with Crippen LogP contribution in [-0.4, -0.2) is 81.8 Å². The van der Waals surface area contributed by atoms with Crippen molar-refractivity contribution in [3.05, 3.63) is 40.4 Å². The zero-order chi connectivity index (χ0) is 27.2. The number of rotatable bonds is 9. The predicted molar refractivity (Wildman–Crippen MR) is 130 cm³/mol. The van der Waals surface area contributed by atoms with Crippen molar-refractivity contribution in [1.82, 2.24) is 10.2 Å². The van der Waals surface area contributed by atoms with E-state index in [9.17, 15) is 32.7 Å². The Morgan fingerprint density at radius 2 is 1.95 bits per heavy atom. The number of nitrogens with zero attached hydrogens (tertiary/aromatic N) is 1. The number of nitrogens with one attached hydrogen (secondary N) is 2. The van der Waals surface area contributed by atoms with Crippen LogP contribution in [0.25, 0.3) is 0 Å². The molecule has 2 saturated heterocycles. The fourth-order valence-corrected chi connectivity index (χ4v) is 7.03. The molecule has 1 aromatic carbocycles. The first kappa shape index (κ1) is 27.1. The Hall–Kier alpha value is -2.98. The van der Waals surface area contributed by atoms with Gasteiger partial charge in [0.2, 0.25) is 11.8 Å². The van der Waals surface area contributed by atoms with Gasteiger partial charge in [-0.25, -0.2) is 13.8 Å². The van der Waals surface area contributed by atoms with Crippen LogP contribution >= 0.6 is 11.8 Å². The summed E-state index contributed by atoms with van der Waals surface area (Å²) >= 11 is 1.25. The third kappa shape index (κ3) is 5.36. The van der Waals surface area contributed by atoms with E-state index in [2.05, 4.69) is 14.8 Å². The molecule has 0 aromatic heterocycles. The molecule has 1 aromatic rings. The van der Waals surface area contributed by atoms with Crippen molar-refractivity contribution in [1.29, 1.82) is 0 Å². The SMILES string of the molecule is C[C@@H](OS(=O)(=O)O)[C@H]1C(=O)N2C(C(=O)O)=C(S[C@@H]3CN[C@H](C(=O)Nc4cccc(C(=O)O)c4)C3)[C@H](C)[C@H]12. The molecule has 0 saturated carbocycles. The van der Waals surface area contributed by atoms with Crippen molar-refractivity contribution in [3.63, 3.8) is 0 Å². The Bertz CT molecular complexity index is 1300. The number of thioether (sulfide) groups is 1. The molecule has 0 radical (unpaired) electrons. The number of carboxylic acid groups (broad SMARTS) is 2. The Kier molecular flexibility index (Phi) is 7.36. The highest BCUT2D eigenvalue weighted by molar-refractivity contribution is 8.03. The topological polar surface area (TPSA) is 200 Å². The summed E-state index contributed by atoms with van der Waals surface area (Å²) in [4.78, 5) is 50.3. The van der Waals surface area contributed by atoms with Gasteiger partial charge in [0.1, 0.15) is 5.70 Å². The van der Waals surface area contributed by atoms with Crippen molar-refractivity contribution in [2.45, 2.75) is 43.7 Å². The second-order valence-electron chi connectivity index (χ2n) is 9.07. The van der Waals surface area contributed by atoms with E-state index in [0.717, 1.165) is 4.90 Å². The number of carboxylic acids is 2. The molecule has 2 fully saturated rings. The fraction of sp³-hybridized carbons (Fsp3) is 0.455. The molecular formula is C22H25N3O10S2. The summed E-state index contributed by atoms with van der Waals surface area (Å²) in [5.41, 5.74) is 0.183. The van der Waals surface area contributed by atoms with Gasteiger partial charge in [-0.2, -0.15) is 8.42 Å². The summed E-state index contributed by atoms with van der Waals surface area (Å²) < 4.78 is 35.8. The highest BCUT2D eigenvalue weighted by Gasteiger charge is 2.61. The number of amides is 2. The van der Waals surface area contributed by atoms with Crippen LogP contribution < -0.4 is 10.6 Å². The molecule has 200 valence electrons. The lowest BCUT2D eigenvalue weighted by Gasteiger charge is -2.46. The van der Waals surface area contributed by atoms with E-state index in [-0.39, 0.29) is 22.4 Å². The summed E-state index contributed by atoms with van der Waals surface area (Å²) in [6, 6.07) is 4.58. The average molecular weight is 556 g/mol. The Labute approximate surface area is 216 Å². The molecule has 3 aliphatic rings. The second kappa shape index (κ2) is 10.1. The standard InChI is InChI=1S/C22H25N3O10S2/c1-9-16-15(10(2)35-37(32,33)34)20(27)25(16)17(22(30)31)18(9)36-13-7-14(23-8-13)19(26)24-12-5-3-4-11(6-12)21(28)29/h3-6,9-10,13-16,23H,7-8H2,1-2H3,(H,24,26)(H,28,29)(H,30,31)(H,32,33,34)/t9-,10-,13+,14+,15-,16-/m1/s1. The van der Waals surface area contributed by atoms with Crippen molar-refractivity contribution in [2.24, 2.45) is 11.8 Å². The van der Waals surface area contributed by atoms with E-state index in [1.807, 2.05) is 0 Å². The summed E-state index contributed by atoms with van der Waals surface area (Å²) in [7, 11) is -4.80. The maximum absolute atomic E-state index is 12.8. The van der Waals surface area contributed by atoms with Gasteiger partial charge < -0.3 is 25.7 Å². The first-order chi connectivity index (χ1) is 17.3. The largest absolute Gasteiger partial charge is 0.478 e. The zero-order valence-corrected chi connectivity index (χ0v) is 21.3. The third-order valence-electron chi connectivity index (χ3n) is 6.65. The molecule has 0 aliphatic carbocycles. The highest BCUT2D eigenvalue weighted by Crippen LogP contribution is 2.52. The second-order valence-corrected chi connectivity index (χ2v) is 11.5. The van der Waals surface area contributed by atoms with Gasteiger partial charge in [-0.15, -0.1) is 11.8 Å². The zero-order valence-electron chi connectivity index (χ0n) is 19.7. The Morgan fingerprint density at radius 3 is 2.57 bits per heavy atom. The number of hydrogen-bond acceptors (Lipinski definition) is 9. The van der Waals surface area contributed by atoms with Gasteiger partial charge in [-0.3, -0.25) is 14.1 Å². The molecule has 3 aliphatic heterocycles. The van der Waals surface area contributed by atoms with Crippen LogP contribution in [0, 0.1) is 11.8 Å². The van der Waals surface area contributed by atoms with Crippen molar-refractivity contribution in [2.75, 3.05) is 11.9 Å². The van der Waals surface area contributed by atoms with E-state index in [4.69, 9.17) is 9.66 Å². The number of fused-ring (bicyclic) bond motifs is 1. The van der Waals surface area contributed by atoms with E-state index in [1.165, 1.54) is 36.9 Å². The highest BCUT2D eigenvalue weighted by atomic mass is 32.3. The molecule has 15 heteroatoms. The maximum Gasteiger partial charge on any atom is 0.397 e. The summed E-state index contributed by atoms with van der Waals surface area (Å²) in [6.45, 7) is 3.44. The van der Waals surface area contributed by atoms with Gasteiger partial charge in [-0.1, -0.05) is 13.0 Å². The summed E-state index contributed by atoms with van der Waals surface area (Å²) in [5, 5.41) is 24.5. The van der Waals surface area contributed by atoms with E-state index in [1.54, 1.807) is 13.0 Å². The van der Waals surface area contributed by atoms with Crippen LogP contribution in [0.5, 0.6) is 0 Å². The normalized spacial score (nSPS) is 28.0. The lowest BCUT2D eigenvalue weighted by atomic mass is 9.79. The van der Waals surface area contributed by atoms with E-state index >= 15 is 0 Å². The van der Waals surface area contributed by atoms with E-state index in [0.29, 0.717) is 23.6 Å². The van der Waals surface area contributed by atoms with Crippen LogP contribution in [0.15, 0.2) is 34.9 Å². The molecule has 5 N–H and O–H groups in total. The molecule has 6 atom stereocenters. The number of aliphatic carboxylic acids is 1. The summed E-state index contributed by atoms with van der Waals surface area (Å²) in [5.74, 6) is -4.79. The van der Waals surface area contributed by atoms with Crippen molar-refractivity contribution < 1.29 is 46.5 Å². The molecule has 2 amide bonds. The van der Waals surface area contributed by atoms with Gasteiger partial charge >= 0.3 is 22.3 Å². The number of anilines is 1. The molecule has 37 heavy (non-hydrogen) atoms. The number of carbonyl (C=O) groups excluding carboxylic acids is 2. The van der Waals surface area contributed by atoms with Gasteiger partial charge in [0, 0.05) is 28.3 Å².